The van der Waals surface area contributed by atoms with Crippen molar-refractivity contribution in [3.05, 3.63) is 58.9 Å². The molecule has 14 nitrogen and oxygen atoms in total. The Hall–Kier alpha value is -4.02. The minimum absolute atomic E-state index is 0.106. The molecule has 0 aliphatic heterocycles. The highest BCUT2D eigenvalue weighted by Crippen LogP contribution is 2.56. The third-order valence-corrected chi connectivity index (χ3v) is 9.81. The lowest BCUT2D eigenvalue weighted by Gasteiger charge is -2.54. The first-order valence-electron chi connectivity index (χ1n) is 12.7. The monoisotopic (exact) mass is 632 g/mol. The van der Waals surface area contributed by atoms with E-state index in [4.69, 9.17) is 21.9 Å². The summed E-state index contributed by atoms with van der Waals surface area (Å²) in [5, 5.41) is 41.5. The summed E-state index contributed by atoms with van der Waals surface area (Å²) >= 11 is 6.78. The summed E-state index contributed by atoms with van der Waals surface area (Å²) in [5.41, 5.74) is 1.52. The van der Waals surface area contributed by atoms with Crippen molar-refractivity contribution < 1.29 is 47.5 Å². The Kier molecular flexibility index (Phi) is 7.10. The molecule has 0 spiro atoms. The lowest BCUT2D eigenvalue weighted by molar-refractivity contribution is -0.161. The average Bonchev–Trinajstić information content (AvgIpc) is 2.92. The Labute approximate surface area is 249 Å². The second-order valence-electron chi connectivity index (χ2n) is 10.9. The number of alkyl halides is 1. The molecule has 5 atom stereocenters. The molecule has 2 aromatic carbocycles. The molecular weight excluding hydrogens is 608 g/mol. The van der Waals surface area contributed by atoms with Crippen LogP contribution in [0.25, 0.3) is 0 Å². The third kappa shape index (κ3) is 4.38. The van der Waals surface area contributed by atoms with Gasteiger partial charge in [0.1, 0.15) is 17.1 Å². The Bertz CT molecular complexity index is 1790. The number of halogens is 1. The molecular formula is C27H25ClN4O10S. The van der Waals surface area contributed by atoms with E-state index < -0.39 is 78.8 Å². The van der Waals surface area contributed by atoms with E-state index in [-0.39, 0.29) is 40.2 Å². The predicted molar refractivity (Wildman–Crippen MR) is 148 cm³/mol. The van der Waals surface area contributed by atoms with Gasteiger partial charge in [-0.2, -0.15) is 18.6 Å². The van der Waals surface area contributed by atoms with E-state index in [1.165, 1.54) is 37.2 Å². The number of hydrogen-bond acceptors (Lipinski definition) is 12. The lowest BCUT2D eigenvalue weighted by Crippen LogP contribution is -2.72. The quantitative estimate of drug-likeness (QED) is 0.104. The molecule has 0 heterocycles. The second-order valence-corrected chi connectivity index (χ2v) is 12.9. The van der Waals surface area contributed by atoms with Gasteiger partial charge in [0.25, 0.3) is 16.0 Å². The number of primary amides is 1. The number of phenols is 1. The highest BCUT2D eigenvalue weighted by molar-refractivity contribution is 7.85. The molecule has 2 aromatic rings. The van der Waals surface area contributed by atoms with E-state index in [1.54, 1.807) is 0 Å². The van der Waals surface area contributed by atoms with Crippen LogP contribution in [0.2, 0.25) is 0 Å². The fourth-order valence-corrected chi connectivity index (χ4v) is 7.18. The number of fused-ring (bicyclic) bond motifs is 3. The number of rotatable bonds is 5. The molecule has 1 saturated carbocycles. The highest BCUT2D eigenvalue weighted by Gasteiger charge is 2.71. The number of hydrogen-bond donors (Lipinski definition) is 5. The van der Waals surface area contributed by atoms with Crippen LogP contribution >= 0.6 is 11.6 Å². The predicted octanol–water partition coefficient (Wildman–Crippen LogP) is 1.52. The number of amides is 1. The van der Waals surface area contributed by atoms with Gasteiger partial charge in [-0.25, -0.2) is 0 Å². The van der Waals surface area contributed by atoms with Gasteiger partial charge < -0.3 is 21.1 Å². The molecule has 0 radical (unpaired) electrons. The zero-order valence-corrected chi connectivity index (χ0v) is 24.1. The largest absolute Gasteiger partial charge is 0.508 e. The van der Waals surface area contributed by atoms with Crippen LogP contribution in [0.5, 0.6) is 5.75 Å². The van der Waals surface area contributed by atoms with Crippen LogP contribution in [-0.4, -0.2) is 87.1 Å². The third-order valence-electron chi connectivity index (χ3n) is 8.29. The lowest BCUT2D eigenvalue weighted by atomic mass is 9.54. The standard InChI is InChI=1S/C27H25ClN4O10S/c1-32(2)20-15-10-11-9-14-16(31-30-12-3-5-13(6-4-12)43(40,41)42)7-8-17(33)18(14)22(35)26(11,28)25(38)27(15,39)23(36)19(21(20)34)24(29)37/h3-8,11,15,20,33,36,39H,9-10H2,1-2H3,(H2,29,37)(H,40,41,42)/t11-,15-,20+,26?,27+/m0/s1. The summed E-state index contributed by atoms with van der Waals surface area (Å²) in [7, 11) is -1.49. The van der Waals surface area contributed by atoms with Gasteiger partial charge in [0.15, 0.2) is 22.0 Å². The zero-order chi connectivity index (χ0) is 31.8. The molecule has 0 saturated heterocycles. The van der Waals surface area contributed by atoms with Gasteiger partial charge >= 0.3 is 0 Å². The number of phenolic OH excluding ortho intramolecular Hbond substituents is 1. The molecule has 0 aromatic heterocycles. The van der Waals surface area contributed by atoms with Crippen LogP contribution in [0.3, 0.4) is 0 Å². The van der Waals surface area contributed by atoms with Gasteiger partial charge in [0.2, 0.25) is 5.78 Å². The number of aliphatic hydroxyl groups is 2. The van der Waals surface area contributed by atoms with Crippen molar-refractivity contribution in [2.24, 2.45) is 27.8 Å². The van der Waals surface area contributed by atoms with E-state index in [1.807, 2.05) is 0 Å². The first-order chi connectivity index (χ1) is 19.9. The smallest absolute Gasteiger partial charge is 0.294 e. The Balaban J connectivity index is 1.62. The Morgan fingerprint density at radius 1 is 1.07 bits per heavy atom. The number of nitrogens with zero attached hydrogens (tertiary/aromatic N) is 3. The van der Waals surface area contributed by atoms with E-state index in [0.717, 1.165) is 18.2 Å². The highest BCUT2D eigenvalue weighted by atomic mass is 35.5. The van der Waals surface area contributed by atoms with Crippen LogP contribution in [0, 0.1) is 11.8 Å². The van der Waals surface area contributed by atoms with E-state index in [2.05, 4.69) is 10.2 Å². The minimum atomic E-state index is -4.43. The second kappa shape index (κ2) is 10.0. The van der Waals surface area contributed by atoms with Gasteiger partial charge in [-0.05, 0) is 74.8 Å². The molecule has 0 bridgehead atoms. The number of aliphatic hydroxyl groups excluding tert-OH is 1. The topological polar surface area (TPSA) is 237 Å². The van der Waals surface area contributed by atoms with Crippen molar-refractivity contribution in [3.8, 4) is 5.75 Å². The number of likely N-dealkylation sites (N-methyl/N-ethyl adjacent to an activating group) is 1. The van der Waals surface area contributed by atoms with Crippen LogP contribution < -0.4 is 5.73 Å². The average molecular weight is 633 g/mol. The molecule has 1 fully saturated rings. The Morgan fingerprint density at radius 2 is 1.70 bits per heavy atom. The van der Waals surface area contributed by atoms with Crippen molar-refractivity contribution in [1.29, 1.82) is 0 Å². The summed E-state index contributed by atoms with van der Waals surface area (Å²) in [5.74, 6) is -8.94. The van der Waals surface area contributed by atoms with E-state index in [9.17, 15) is 42.9 Å². The van der Waals surface area contributed by atoms with E-state index >= 15 is 0 Å². The SMILES string of the molecule is CN(C)[C@H]1C(=O)C(C(N)=O)=C(O)[C@@]2(O)C(=O)C3(Cl)C(=O)c4c(O)ccc(N=Nc5ccc(S(=O)(=O)O)cc5)c4C[C@H]3C[C@@H]12. The number of carbonyl (C=O) groups excluding carboxylic acids is 4. The summed E-state index contributed by atoms with van der Waals surface area (Å²) in [6.45, 7) is 0. The van der Waals surface area contributed by atoms with Crippen LogP contribution in [0.4, 0.5) is 11.4 Å². The number of carbonyl (C=O) groups is 4. The van der Waals surface area contributed by atoms with Crippen molar-refractivity contribution in [2.45, 2.75) is 34.3 Å². The minimum Gasteiger partial charge on any atom is -0.508 e. The van der Waals surface area contributed by atoms with Crippen LogP contribution in [0.1, 0.15) is 22.3 Å². The van der Waals surface area contributed by atoms with Gasteiger partial charge in [0.05, 0.1) is 27.9 Å². The summed E-state index contributed by atoms with van der Waals surface area (Å²) in [4.78, 5) is 51.8. The van der Waals surface area contributed by atoms with Gasteiger partial charge in [-0.3, -0.25) is 28.6 Å². The van der Waals surface area contributed by atoms with Crippen molar-refractivity contribution in [2.75, 3.05) is 14.1 Å². The molecule has 6 N–H and O–H groups in total. The maximum atomic E-state index is 14.1. The molecule has 43 heavy (non-hydrogen) atoms. The van der Waals surface area contributed by atoms with Crippen molar-refractivity contribution in [3.63, 3.8) is 0 Å². The van der Waals surface area contributed by atoms with Gasteiger partial charge in [-0.1, -0.05) is 0 Å². The first kappa shape index (κ1) is 30.4. The molecule has 3 aliphatic rings. The van der Waals surface area contributed by atoms with Crippen LogP contribution in [-0.2, 0) is 30.9 Å². The van der Waals surface area contributed by atoms with Crippen molar-refractivity contribution >= 4 is 56.4 Å². The first-order valence-corrected chi connectivity index (χ1v) is 14.6. The maximum Gasteiger partial charge on any atom is 0.294 e. The van der Waals surface area contributed by atoms with Crippen LogP contribution in [0.15, 0.2) is 62.9 Å². The zero-order valence-electron chi connectivity index (χ0n) is 22.6. The number of azo groups is 1. The number of ketones is 3. The van der Waals surface area contributed by atoms with E-state index in [0.29, 0.717) is 0 Å². The molecule has 1 amide bonds. The fourth-order valence-electron chi connectivity index (χ4n) is 6.30. The Morgan fingerprint density at radius 3 is 2.26 bits per heavy atom. The number of benzene rings is 2. The summed E-state index contributed by atoms with van der Waals surface area (Å²) in [6, 6.07) is 5.96. The summed E-state index contributed by atoms with van der Waals surface area (Å²) in [6.07, 6.45) is -0.389. The number of aromatic hydroxyl groups is 1. The fraction of sp³-hybridized carbons (Fsp3) is 0.333. The molecule has 1 unspecified atom stereocenters. The maximum absolute atomic E-state index is 14.1. The molecule has 226 valence electrons. The molecule has 5 rings (SSSR count). The molecule has 16 heteroatoms. The normalized spacial score (nSPS) is 29.1. The van der Waals surface area contributed by atoms with Crippen molar-refractivity contribution in [1.82, 2.24) is 4.90 Å². The van der Waals surface area contributed by atoms with Gasteiger partial charge in [0, 0.05) is 5.92 Å². The number of nitrogens with two attached hydrogens (primary N) is 1. The van der Waals surface area contributed by atoms with Gasteiger partial charge in [-0.15, -0.1) is 11.6 Å². The number of Topliss-reactive ketones (excluding diaryl/α,β-unsaturated/α-hetero) is 3. The summed E-state index contributed by atoms with van der Waals surface area (Å²) < 4.78 is 31.8. The molecule has 3 aliphatic carbocycles.